The predicted octanol–water partition coefficient (Wildman–Crippen LogP) is 5.04. The molecule has 1 atom stereocenters. The van der Waals surface area contributed by atoms with Crippen molar-refractivity contribution in [3.63, 3.8) is 0 Å². The number of aryl methyl sites for hydroxylation is 1. The standard InChI is InChI=1S/C20H14FNO3S2/c1-11-7-9-27-19(11)16-15(17(23)14-6-3-8-26-14)18(24)20(25)22(16)13-5-2-4-12(21)10-13/h2-10,16,24H,1H3. The van der Waals surface area contributed by atoms with E-state index < -0.39 is 29.3 Å². The summed E-state index contributed by atoms with van der Waals surface area (Å²) in [5.74, 6) is -2.19. The number of amides is 1. The highest BCUT2D eigenvalue weighted by Crippen LogP contribution is 2.44. The van der Waals surface area contributed by atoms with Gasteiger partial charge in [0, 0.05) is 10.6 Å². The fraction of sp³-hybridized carbons (Fsp3) is 0.100. The summed E-state index contributed by atoms with van der Waals surface area (Å²) in [5.41, 5.74) is 1.21. The van der Waals surface area contributed by atoms with Crippen molar-refractivity contribution in [1.29, 1.82) is 0 Å². The van der Waals surface area contributed by atoms with Crippen molar-refractivity contribution in [3.8, 4) is 0 Å². The van der Waals surface area contributed by atoms with E-state index in [9.17, 15) is 19.1 Å². The summed E-state index contributed by atoms with van der Waals surface area (Å²) in [4.78, 5) is 28.4. The number of ketones is 1. The van der Waals surface area contributed by atoms with Crippen LogP contribution in [0.4, 0.5) is 10.1 Å². The number of hydrogen-bond donors (Lipinski definition) is 1. The van der Waals surface area contributed by atoms with E-state index >= 15 is 0 Å². The molecule has 0 spiro atoms. The van der Waals surface area contributed by atoms with Crippen molar-refractivity contribution in [2.45, 2.75) is 13.0 Å². The van der Waals surface area contributed by atoms with Crippen molar-refractivity contribution >= 4 is 40.1 Å². The van der Waals surface area contributed by atoms with Gasteiger partial charge in [0.15, 0.2) is 5.76 Å². The van der Waals surface area contributed by atoms with Crippen LogP contribution in [-0.4, -0.2) is 16.8 Å². The third-order valence-corrected chi connectivity index (χ3v) is 6.37. The van der Waals surface area contributed by atoms with Crippen molar-refractivity contribution in [3.05, 3.63) is 85.7 Å². The normalized spacial score (nSPS) is 17.0. The van der Waals surface area contributed by atoms with E-state index in [1.54, 1.807) is 23.6 Å². The molecule has 2 aromatic heterocycles. The molecule has 0 saturated carbocycles. The summed E-state index contributed by atoms with van der Waals surface area (Å²) < 4.78 is 13.8. The van der Waals surface area contributed by atoms with Gasteiger partial charge in [-0.3, -0.25) is 14.5 Å². The fourth-order valence-electron chi connectivity index (χ4n) is 3.18. The lowest BCUT2D eigenvalue weighted by Crippen LogP contribution is -2.31. The molecular formula is C20H14FNO3S2. The Hall–Kier alpha value is -2.77. The Morgan fingerprint density at radius 3 is 2.59 bits per heavy atom. The quantitative estimate of drug-likeness (QED) is 0.625. The second-order valence-corrected chi connectivity index (χ2v) is 7.99. The number of Topliss-reactive ketones (excluding diaryl/α,β-unsaturated/α-hetero) is 1. The molecule has 1 amide bonds. The van der Waals surface area contributed by atoms with E-state index in [0.29, 0.717) is 10.6 Å². The highest BCUT2D eigenvalue weighted by molar-refractivity contribution is 7.12. The first kappa shape index (κ1) is 17.6. The molecule has 1 aliphatic heterocycles. The molecule has 136 valence electrons. The number of thiophene rings is 2. The Balaban J connectivity index is 1.90. The summed E-state index contributed by atoms with van der Waals surface area (Å²) in [6.45, 7) is 1.88. The largest absolute Gasteiger partial charge is 0.503 e. The minimum atomic E-state index is -0.797. The molecule has 0 radical (unpaired) electrons. The molecule has 0 saturated heterocycles. The van der Waals surface area contributed by atoms with Gasteiger partial charge in [-0.2, -0.15) is 0 Å². The van der Waals surface area contributed by atoms with Gasteiger partial charge >= 0.3 is 0 Å². The van der Waals surface area contributed by atoms with Crippen molar-refractivity contribution < 1.29 is 19.1 Å². The van der Waals surface area contributed by atoms with Crippen molar-refractivity contribution in [1.82, 2.24) is 0 Å². The summed E-state index contributed by atoms with van der Waals surface area (Å²) >= 11 is 2.63. The van der Waals surface area contributed by atoms with Gasteiger partial charge in [-0.05, 0) is 53.6 Å². The van der Waals surface area contributed by atoms with E-state index in [4.69, 9.17) is 0 Å². The van der Waals surface area contributed by atoms with Crippen LogP contribution < -0.4 is 4.90 Å². The Kier molecular flexibility index (Phi) is 4.41. The second-order valence-electron chi connectivity index (χ2n) is 6.09. The average Bonchev–Trinajstić information content (AvgIpc) is 3.36. The van der Waals surface area contributed by atoms with Gasteiger partial charge in [-0.1, -0.05) is 12.1 Å². The monoisotopic (exact) mass is 399 g/mol. The Morgan fingerprint density at radius 1 is 1.15 bits per heavy atom. The first-order valence-electron chi connectivity index (χ1n) is 8.13. The Bertz CT molecular complexity index is 1070. The number of nitrogens with zero attached hydrogens (tertiary/aromatic N) is 1. The minimum Gasteiger partial charge on any atom is -0.503 e. The Morgan fingerprint density at radius 2 is 1.96 bits per heavy atom. The van der Waals surface area contributed by atoms with Gasteiger partial charge < -0.3 is 5.11 Å². The lowest BCUT2D eigenvalue weighted by atomic mass is 9.99. The topological polar surface area (TPSA) is 57.6 Å². The zero-order valence-corrected chi connectivity index (χ0v) is 15.8. The second kappa shape index (κ2) is 6.75. The van der Waals surface area contributed by atoms with Gasteiger partial charge in [-0.15, -0.1) is 22.7 Å². The van der Waals surface area contributed by atoms with Crippen molar-refractivity contribution in [2.75, 3.05) is 4.90 Å². The number of aliphatic hydroxyl groups is 1. The van der Waals surface area contributed by atoms with E-state index in [-0.39, 0.29) is 5.57 Å². The number of anilines is 1. The zero-order valence-electron chi connectivity index (χ0n) is 14.2. The van der Waals surface area contributed by atoms with Crippen LogP contribution in [0.1, 0.15) is 26.2 Å². The number of benzene rings is 1. The number of carbonyl (C=O) groups is 2. The first-order valence-corrected chi connectivity index (χ1v) is 9.89. The van der Waals surface area contributed by atoms with Gasteiger partial charge in [0.05, 0.1) is 10.5 Å². The average molecular weight is 399 g/mol. The van der Waals surface area contributed by atoms with Crippen LogP contribution in [0.3, 0.4) is 0 Å². The van der Waals surface area contributed by atoms with Crippen LogP contribution in [0.25, 0.3) is 0 Å². The summed E-state index contributed by atoms with van der Waals surface area (Å²) in [6, 6.07) is 10.1. The summed E-state index contributed by atoms with van der Waals surface area (Å²) in [6.07, 6.45) is 0. The third-order valence-electron chi connectivity index (χ3n) is 4.43. The maximum absolute atomic E-state index is 13.8. The van der Waals surface area contributed by atoms with E-state index in [0.717, 1.165) is 10.4 Å². The SMILES string of the molecule is Cc1ccsc1C1C(C(=O)c2cccs2)=C(O)C(=O)N1c1cccc(F)c1. The minimum absolute atomic E-state index is 0.0252. The lowest BCUT2D eigenvalue weighted by Gasteiger charge is -2.26. The van der Waals surface area contributed by atoms with Crippen LogP contribution in [0, 0.1) is 12.7 Å². The molecule has 0 aliphatic carbocycles. The van der Waals surface area contributed by atoms with Gasteiger partial charge in [0.2, 0.25) is 5.78 Å². The van der Waals surface area contributed by atoms with Gasteiger partial charge in [0.1, 0.15) is 11.9 Å². The molecule has 1 aliphatic rings. The molecular weight excluding hydrogens is 385 g/mol. The number of carbonyl (C=O) groups excluding carboxylic acids is 2. The number of hydrogen-bond acceptors (Lipinski definition) is 5. The van der Waals surface area contributed by atoms with Gasteiger partial charge in [0.25, 0.3) is 5.91 Å². The molecule has 4 nitrogen and oxygen atoms in total. The van der Waals surface area contributed by atoms with Crippen LogP contribution >= 0.6 is 22.7 Å². The molecule has 4 rings (SSSR count). The van der Waals surface area contributed by atoms with Crippen molar-refractivity contribution in [2.24, 2.45) is 0 Å². The lowest BCUT2D eigenvalue weighted by molar-refractivity contribution is -0.117. The molecule has 0 bridgehead atoms. The Labute approximate surface area is 162 Å². The molecule has 1 unspecified atom stereocenters. The van der Waals surface area contributed by atoms with Crippen LogP contribution in [-0.2, 0) is 4.79 Å². The molecule has 0 fully saturated rings. The van der Waals surface area contributed by atoms with Crippen LogP contribution in [0.5, 0.6) is 0 Å². The molecule has 3 aromatic rings. The third kappa shape index (κ3) is 2.89. The fourth-order valence-corrected chi connectivity index (χ4v) is 4.89. The highest BCUT2D eigenvalue weighted by Gasteiger charge is 2.45. The number of aliphatic hydroxyl groups excluding tert-OH is 1. The first-order chi connectivity index (χ1) is 13.0. The summed E-state index contributed by atoms with van der Waals surface area (Å²) in [7, 11) is 0. The van der Waals surface area contributed by atoms with E-state index in [1.807, 2.05) is 18.4 Å². The molecule has 7 heteroatoms. The highest BCUT2D eigenvalue weighted by atomic mass is 32.1. The summed E-state index contributed by atoms with van der Waals surface area (Å²) in [5, 5.41) is 14.2. The molecule has 1 N–H and O–H groups in total. The smallest absolute Gasteiger partial charge is 0.294 e. The number of halogens is 1. The number of rotatable bonds is 4. The zero-order chi connectivity index (χ0) is 19.1. The molecule has 3 heterocycles. The maximum Gasteiger partial charge on any atom is 0.294 e. The van der Waals surface area contributed by atoms with Gasteiger partial charge in [-0.25, -0.2) is 4.39 Å². The van der Waals surface area contributed by atoms with E-state index in [1.165, 1.54) is 45.8 Å². The molecule has 27 heavy (non-hydrogen) atoms. The van der Waals surface area contributed by atoms with Crippen LogP contribution in [0.2, 0.25) is 0 Å². The van der Waals surface area contributed by atoms with E-state index in [2.05, 4.69) is 0 Å². The van der Waals surface area contributed by atoms with Crippen LogP contribution in [0.15, 0.2) is 64.6 Å². The predicted molar refractivity (Wildman–Crippen MR) is 104 cm³/mol. The molecule has 1 aromatic carbocycles. The maximum atomic E-state index is 13.8.